The molecule has 0 aliphatic carbocycles. The fourth-order valence-electron chi connectivity index (χ4n) is 2.90. The lowest BCUT2D eigenvalue weighted by Crippen LogP contribution is -2.56. The molecule has 106 valence electrons. The summed E-state index contributed by atoms with van der Waals surface area (Å²) in [6.45, 7) is 6.45. The molecule has 1 N–H and O–H groups in total. The van der Waals surface area contributed by atoms with E-state index in [0.717, 1.165) is 31.9 Å². The molecule has 3 nitrogen and oxygen atoms in total. The number of nitrogens with one attached hydrogen (secondary N) is 1. The second kappa shape index (κ2) is 5.81. The van der Waals surface area contributed by atoms with Crippen LogP contribution in [0, 0.1) is 0 Å². The molecule has 2 aromatic rings. The Morgan fingerprint density at radius 1 is 1.20 bits per heavy atom. The van der Waals surface area contributed by atoms with Crippen molar-refractivity contribution >= 4 is 10.8 Å². The number of ether oxygens (including phenoxy) is 1. The third-order valence-electron chi connectivity index (χ3n) is 4.26. The van der Waals surface area contributed by atoms with Crippen molar-refractivity contribution in [3.8, 4) is 5.75 Å². The van der Waals surface area contributed by atoms with Crippen LogP contribution in [0.1, 0.15) is 12.5 Å². The van der Waals surface area contributed by atoms with Crippen LogP contribution in [0.25, 0.3) is 10.8 Å². The molecular weight excluding hydrogens is 248 g/mol. The van der Waals surface area contributed by atoms with Crippen molar-refractivity contribution in [2.45, 2.75) is 19.5 Å². The zero-order chi connectivity index (χ0) is 13.9. The lowest BCUT2D eigenvalue weighted by Gasteiger charge is -2.38. The Kier molecular flexibility index (Phi) is 3.90. The minimum atomic E-state index is 0.656. The molecule has 0 aromatic heterocycles. The molecule has 3 rings (SSSR count). The molecule has 0 saturated carbocycles. The van der Waals surface area contributed by atoms with Crippen molar-refractivity contribution in [3.63, 3.8) is 0 Å². The second-order valence-corrected chi connectivity index (χ2v) is 5.34. The molecule has 1 saturated heterocycles. The lowest BCUT2D eigenvalue weighted by molar-refractivity contribution is 0.144. The zero-order valence-corrected chi connectivity index (χ0v) is 12.2. The second-order valence-electron chi connectivity index (χ2n) is 5.34. The van der Waals surface area contributed by atoms with Gasteiger partial charge in [-0.2, -0.15) is 0 Å². The summed E-state index contributed by atoms with van der Waals surface area (Å²) in [5.41, 5.74) is 1.30. The molecule has 0 radical (unpaired) electrons. The van der Waals surface area contributed by atoms with Crippen molar-refractivity contribution in [1.29, 1.82) is 0 Å². The van der Waals surface area contributed by atoms with Gasteiger partial charge in [0.25, 0.3) is 0 Å². The summed E-state index contributed by atoms with van der Waals surface area (Å²) < 4.78 is 5.59. The van der Waals surface area contributed by atoms with Crippen LogP contribution in [0.15, 0.2) is 36.4 Å². The number of hydrogen-bond acceptors (Lipinski definition) is 3. The first kappa shape index (κ1) is 13.4. The molecule has 0 spiro atoms. The Morgan fingerprint density at radius 2 is 2.00 bits per heavy atom. The molecule has 1 aliphatic rings. The van der Waals surface area contributed by atoms with Crippen molar-refractivity contribution in [1.82, 2.24) is 10.2 Å². The predicted octanol–water partition coefficient (Wildman–Crippen LogP) is 2.64. The van der Waals surface area contributed by atoms with E-state index in [-0.39, 0.29) is 0 Å². The van der Waals surface area contributed by atoms with Crippen LogP contribution in [0.5, 0.6) is 5.75 Å². The average molecular weight is 270 g/mol. The van der Waals surface area contributed by atoms with Crippen LogP contribution in [0.4, 0.5) is 0 Å². The Bertz CT molecular complexity index is 593. The Morgan fingerprint density at radius 3 is 2.65 bits per heavy atom. The SMILES string of the molecule is CCN(Cc1c(OC)ccc2ccccc12)C1CNC1. The van der Waals surface area contributed by atoms with Crippen molar-refractivity contribution in [2.75, 3.05) is 26.7 Å². The molecule has 2 aromatic carbocycles. The molecule has 1 aliphatic heterocycles. The molecule has 0 amide bonds. The molecule has 1 heterocycles. The minimum absolute atomic E-state index is 0.656. The van der Waals surface area contributed by atoms with E-state index in [4.69, 9.17) is 4.74 Å². The summed E-state index contributed by atoms with van der Waals surface area (Å²) in [5, 5.41) is 5.94. The number of fused-ring (bicyclic) bond motifs is 1. The first-order valence-electron chi connectivity index (χ1n) is 7.33. The van der Waals surface area contributed by atoms with Crippen LogP contribution in [-0.4, -0.2) is 37.7 Å². The zero-order valence-electron chi connectivity index (χ0n) is 12.2. The van der Waals surface area contributed by atoms with Gasteiger partial charge < -0.3 is 10.1 Å². The van der Waals surface area contributed by atoms with E-state index in [2.05, 4.69) is 53.5 Å². The van der Waals surface area contributed by atoms with Gasteiger partial charge in [-0.1, -0.05) is 37.3 Å². The standard InChI is InChI=1S/C17H22N2O/c1-3-19(14-10-18-11-14)12-16-15-7-5-4-6-13(15)8-9-17(16)20-2/h4-9,14,18H,3,10-12H2,1-2H3. The number of nitrogens with zero attached hydrogens (tertiary/aromatic N) is 1. The maximum atomic E-state index is 5.59. The van der Waals surface area contributed by atoms with Gasteiger partial charge >= 0.3 is 0 Å². The van der Waals surface area contributed by atoms with E-state index in [1.54, 1.807) is 7.11 Å². The average Bonchev–Trinajstić information content (AvgIpc) is 2.44. The summed E-state index contributed by atoms with van der Waals surface area (Å²) in [5.74, 6) is 0.995. The highest BCUT2D eigenvalue weighted by atomic mass is 16.5. The topological polar surface area (TPSA) is 24.5 Å². The van der Waals surface area contributed by atoms with Crippen LogP contribution in [-0.2, 0) is 6.54 Å². The van der Waals surface area contributed by atoms with Gasteiger partial charge in [-0.3, -0.25) is 4.90 Å². The Balaban J connectivity index is 1.99. The lowest BCUT2D eigenvalue weighted by atomic mass is 10.0. The monoisotopic (exact) mass is 270 g/mol. The first-order valence-corrected chi connectivity index (χ1v) is 7.33. The van der Waals surface area contributed by atoms with Gasteiger partial charge in [0.2, 0.25) is 0 Å². The highest BCUT2D eigenvalue weighted by Gasteiger charge is 2.24. The van der Waals surface area contributed by atoms with Gasteiger partial charge in [0.1, 0.15) is 5.75 Å². The summed E-state index contributed by atoms with van der Waals surface area (Å²) in [4.78, 5) is 2.53. The maximum Gasteiger partial charge on any atom is 0.123 e. The van der Waals surface area contributed by atoms with E-state index >= 15 is 0 Å². The highest BCUT2D eigenvalue weighted by molar-refractivity contribution is 5.87. The summed E-state index contributed by atoms with van der Waals surface area (Å²) in [6.07, 6.45) is 0. The van der Waals surface area contributed by atoms with E-state index in [1.165, 1.54) is 16.3 Å². The number of rotatable bonds is 5. The maximum absolute atomic E-state index is 5.59. The largest absolute Gasteiger partial charge is 0.496 e. The van der Waals surface area contributed by atoms with E-state index in [1.807, 2.05) is 0 Å². The van der Waals surface area contributed by atoms with Gasteiger partial charge in [0.05, 0.1) is 7.11 Å². The fraction of sp³-hybridized carbons (Fsp3) is 0.412. The first-order chi connectivity index (χ1) is 9.83. The molecule has 3 heteroatoms. The molecular formula is C17H22N2O. The highest BCUT2D eigenvalue weighted by Crippen LogP contribution is 2.29. The van der Waals surface area contributed by atoms with E-state index in [0.29, 0.717) is 6.04 Å². The van der Waals surface area contributed by atoms with Crippen molar-refractivity contribution in [2.24, 2.45) is 0 Å². The summed E-state index contributed by atoms with van der Waals surface area (Å²) in [6, 6.07) is 13.4. The van der Waals surface area contributed by atoms with Crippen LogP contribution in [0.2, 0.25) is 0 Å². The number of likely N-dealkylation sites (N-methyl/N-ethyl adjacent to an activating group) is 1. The number of hydrogen-bond donors (Lipinski definition) is 1. The van der Waals surface area contributed by atoms with Gasteiger partial charge in [0, 0.05) is 31.2 Å². The minimum Gasteiger partial charge on any atom is -0.496 e. The van der Waals surface area contributed by atoms with Gasteiger partial charge in [-0.25, -0.2) is 0 Å². The van der Waals surface area contributed by atoms with Crippen LogP contribution >= 0.6 is 0 Å². The number of benzene rings is 2. The third-order valence-corrected chi connectivity index (χ3v) is 4.26. The smallest absolute Gasteiger partial charge is 0.123 e. The summed E-state index contributed by atoms with van der Waals surface area (Å²) >= 11 is 0. The van der Waals surface area contributed by atoms with Crippen molar-refractivity contribution < 1.29 is 4.74 Å². The van der Waals surface area contributed by atoms with Crippen LogP contribution in [0.3, 0.4) is 0 Å². The molecule has 20 heavy (non-hydrogen) atoms. The predicted molar refractivity (Wildman–Crippen MR) is 83.2 cm³/mol. The summed E-state index contributed by atoms with van der Waals surface area (Å²) in [7, 11) is 1.76. The molecule has 0 bridgehead atoms. The van der Waals surface area contributed by atoms with E-state index < -0.39 is 0 Å². The van der Waals surface area contributed by atoms with Crippen molar-refractivity contribution in [3.05, 3.63) is 42.0 Å². The molecule has 0 unspecified atom stereocenters. The molecule has 1 fully saturated rings. The normalized spacial score (nSPS) is 15.6. The van der Waals surface area contributed by atoms with Gasteiger partial charge in [-0.05, 0) is 23.4 Å². The fourth-order valence-corrected chi connectivity index (χ4v) is 2.90. The molecule has 0 atom stereocenters. The van der Waals surface area contributed by atoms with E-state index in [9.17, 15) is 0 Å². The van der Waals surface area contributed by atoms with Gasteiger partial charge in [0.15, 0.2) is 0 Å². The Hall–Kier alpha value is -1.58. The van der Waals surface area contributed by atoms with Crippen LogP contribution < -0.4 is 10.1 Å². The number of methoxy groups -OCH3 is 1. The van der Waals surface area contributed by atoms with Gasteiger partial charge in [-0.15, -0.1) is 0 Å². The third kappa shape index (κ3) is 2.39. The Labute approximate surface area is 120 Å². The quantitative estimate of drug-likeness (QED) is 0.904.